The van der Waals surface area contributed by atoms with Crippen LogP contribution in [0, 0.1) is 10.5 Å². The summed E-state index contributed by atoms with van der Waals surface area (Å²) in [6.07, 6.45) is 0. The minimum Gasteiger partial charge on any atom is -0.369 e. The average Bonchev–Trinajstić information content (AvgIpc) is 2.85. The Kier molecular flexibility index (Phi) is 3.03. The van der Waals surface area contributed by atoms with Gasteiger partial charge in [0.25, 0.3) is 0 Å². The molecule has 0 saturated carbocycles. The number of hydrogen-bond donors (Lipinski definition) is 1. The van der Waals surface area contributed by atoms with E-state index in [2.05, 4.69) is 68.0 Å². The number of hydrogen-bond acceptors (Lipinski definition) is 3. The summed E-state index contributed by atoms with van der Waals surface area (Å²) in [4.78, 5) is 4.42. The van der Waals surface area contributed by atoms with Crippen LogP contribution in [-0.4, -0.2) is 9.55 Å². The summed E-state index contributed by atoms with van der Waals surface area (Å²) in [7, 11) is 0. The van der Waals surface area contributed by atoms with Gasteiger partial charge in [0.15, 0.2) is 0 Å². The number of aryl methyl sites for hydroxylation is 1. The normalized spacial score (nSPS) is 11.2. The molecule has 2 heterocycles. The topological polar surface area (TPSA) is 43.8 Å². The lowest BCUT2D eigenvalue weighted by Gasteiger charge is -2.06. The first-order chi connectivity index (χ1) is 8.65. The second-order valence-electron chi connectivity index (χ2n) is 4.27. The predicted molar refractivity (Wildman–Crippen MR) is 85.0 cm³/mol. The van der Waals surface area contributed by atoms with Gasteiger partial charge in [-0.2, -0.15) is 11.3 Å². The van der Waals surface area contributed by atoms with E-state index in [9.17, 15) is 0 Å². The van der Waals surface area contributed by atoms with Gasteiger partial charge in [0.1, 0.15) is 0 Å². The van der Waals surface area contributed by atoms with Crippen molar-refractivity contribution in [3.05, 3.63) is 43.7 Å². The molecule has 0 aliphatic carbocycles. The first-order valence-corrected chi connectivity index (χ1v) is 7.60. The molecule has 3 aromatic rings. The molecule has 0 spiro atoms. The molecule has 0 fully saturated rings. The molecule has 0 atom stereocenters. The second-order valence-corrected chi connectivity index (χ2v) is 6.26. The van der Waals surface area contributed by atoms with E-state index < -0.39 is 0 Å². The highest BCUT2D eigenvalue weighted by Crippen LogP contribution is 2.23. The SMILES string of the molecule is Cc1cscc1Cn1c(N)nc2cc(I)ccc21. The molecule has 0 unspecified atom stereocenters. The zero-order valence-corrected chi connectivity index (χ0v) is 12.8. The van der Waals surface area contributed by atoms with Crippen LogP contribution >= 0.6 is 33.9 Å². The highest BCUT2D eigenvalue weighted by Gasteiger charge is 2.10. The van der Waals surface area contributed by atoms with Gasteiger partial charge in [0, 0.05) is 3.57 Å². The first kappa shape index (κ1) is 12.0. The molecule has 5 heteroatoms. The van der Waals surface area contributed by atoms with E-state index in [0.29, 0.717) is 5.95 Å². The van der Waals surface area contributed by atoms with Crippen LogP contribution in [0.25, 0.3) is 11.0 Å². The molecule has 0 amide bonds. The molecule has 0 aliphatic heterocycles. The fourth-order valence-electron chi connectivity index (χ4n) is 2.01. The van der Waals surface area contributed by atoms with E-state index in [-0.39, 0.29) is 0 Å². The minimum atomic E-state index is 0.581. The van der Waals surface area contributed by atoms with Crippen LogP contribution in [0.4, 0.5) is 5.95 Å². The molecule has 2 N–H and O–H groups in total. The van der Waals surface area contributed by atoms with Gasteiger partial charge < -0.3 is 10.3 Å². The zero-order valence-electron chi connectivity index (χ0n) is 9.85. The van der Waals surface area contributed by atoms with Crippen molar-refractivity contribution >= 4 is 50.9 Å². The Morgan fingerprint density at radius 2 is 2.22 bits per heavy atom. The Bertz CT molecular complexity index is 714. The molecule has 0 bridgehead atoms. The van der Waals surface area contributed by atoms with Crippen molar-refractivity contribution in [2.24, 2.45) is 0 Å². The Balaban J connectivity index is 2.11. The number of rotatable bonds is 2. The van der Waals surface area contributed by atoms with Crippen molar-refractivity contribution in [3.8, 4) is 0 Å². The molecule has 3 nitrogen and oxygen atoms in total. The zero-order chi connectivity index (χ0) is 12.7. The van der Waals surface area contributed by atoms with Gasteiger partial charge in [-0.15, -0.1) is 0 Å². The third-order valence-corrected chi connectivity index (χ3v) is 4.61. The fourth-order valence-corrected chi connectivity index (χ4v) is 3.33. The third-order valence-electron chi connectivity index (χ3n) is 3.03. The van der Waals surface area contributed by atoms with Crippen molar-refractivity contribution in [2.75, 3.05) is 5.73 Å². The number of fused-ring (bicyclic) bond motifs is 1. The van der Waals surface area contributed by atoms with E-state index in [0.717, 1.165) is 17.6 Å². The molecule has 2 aromatic heterocycles. The van der Waals surface area contributed by atoms with E-state index in [1.165, 1.54) is 14.7 Å². The molecule has 3 rings (SSSR count). The number of aromatic nitrogens is 2. The highest BCUT2D eigenvalue weighted by atomic mass is 127. The molecule has 0 saturated heterocycles. The van der Waals surface area contributed by atoms with E-state index >= 15 is 0 Å². The summed E-state index contributed by atoms with van der Waals surface area (Å²) in [6.45, 7) is 2.92. The number of benzene rings is 1. The van der Waals surface area contributed by atoms with Crippen LogP contribution in [0.1, 0.15) is 11.1 Å². The standard InChI is InChI=1S/C13H12IN3S/c1-8-6-18-7-9(8)5-17-12-3-2-10(14)4-11(12)16-13(17)15/h2-4,6-7H,5H2,1H3,(H2,15,16). The van der Waals surface area contributed by atoms with Crippen LogP contribution in [0.15, 0.2) is 29.0 Å². The molecule has 92 valence electrons. The average molecular weight is 369 g/mol. The van der Waals surface area contributed by atoms with Gasteiger partial charge >= 0.3 is 0 Å². The lowest BCUT2D eigenvalue weighted by Crippen LogP contribution is -2.04. The van der Waals surface area contributed by atoms with E-state index in [1.807, 2.05) is 0 Å². The summed E-state index contributed by atoms with van der Waals surface area (Å²) in [6, 6.07) is 6.23. The Morgan fingerprint density at radius 3 is 2.94 bits per heavy atom. The second kappa shape index (κ2) is 4.55. The summed E-state index contributed by atoms with van der Waals surface area (Å²) < 4.78 is 3.25. The molecule has 0 radical (unpaired) electrons. The number of nitrogen functional groups attached to an aromatic ring is 1. The monoisotopic (exact) mass is 369 g/mol. The summed E-state index contributed by atoms with van der Waals surface area (Å²) >= 11 is 4.01. The minimum absolute atomic E-state index is 0.581. The predicted octanol–water partition coefficient (Wildman–Crippen LogP) is 3.64. The fraction of sp³-hybridized carbons (Fsp3) is 0.154. The van der Waals surface area contributed by atoms with Gasteiger partial charge in [0.2, 0.25) is 5.95 Å². The van der Waals surface area contributed by atoms with Crippen LogP contribution in [-0.2, 0) is 6.54 Å². The van der Waals surface area contributed by atoms with Crippen molar-refractivity contribution in [3.63, 3.8) is 0 Å². The molecule has 18 heavy (non-hydrogen) atoms. The lowest BCUT2D eigenvalue weighted by molar-refractivity contribution is 0.836. The molecular weight excluding hydrogens is 357 g/mol. The van der Waals surface area contributed by atoms with Crippen LogP contribution < -0.4 is 5.73 Å². The summed E-state index contributed by atoms with van der Waals surface area (Å²) in [5.41, 5.74) is 10.7. The quantitative estimate of drug-likeness (QED) is 0.701. The molecule has 1 aromatic carbocycles. The smallest absolute Gasteiger partial charge is 0.201 e. The third kappa shape index (κ3) is 2.01. The number of halogens is 1. The maximum absolute atomic E-state index is 6.02. The highest BCUT2D eigenvalue weighted by molar-refractivity contribution is 14.1. The van der Waals surface area contributed by atoms with Gasteiger partial charge in [-0.25, -0.2) is 4.98 Å². The van der Waals surface area contributed by atoms with Crippen LogP contribution in [0.3, 0.4) is 0 Å². The van der Waals surface area contributed by atoms with E-state index in [1.54, 1.807) is 11.3 Å². The first-order valence-electron chi connectivity index (χ1n) is 5.58. The van der Waals surface area contributed by atoms with E-state index in [4.69, 9.17) is 5.73 Å². The molecular formula is C13H12IN3S. The Labute approximate surface area is 123 Å². The van der Waals surface area contributed by atoms with Crippen molar-refractivity contribution in [1.29, 1.82) is 0 Å². The lowest BCUT2D eigenvalue weighted by atomic mass is 10.2. The largest absolute Gasteiger partial charge is 0.369 e. The maximum Gasteiger partial charge on any atom is 0.201 e. The van der Waals surface area contributed by atoms with Gasteiger partial charge in [0.05, 0.1) is 17.6 Å². The summed E-state index contributed by atoms with van der Waals surface area (Å²) in [5, 5.41) is 4.33. The van der Waals surface area contributed by atoms with Gasteiger partial charge in [-0.1, -0.05) is 0 Å². The number of anilines is 1. The molecule has 0 aliphatic rings. The number of nitrogens with two attached hydrogens (primary N) is 1. The number of thiophene rings is 1. The van der Waals surface area contributed by atoms with Crippen molar-refractivity contribution in [2.45, 2.75) is 13.5 Å². The summed E-state index contributed by atoms with van der Waals surface area (Å²) in [5.74, 6) is 0.581. The Morgan fingerprint density at radius 1 is 1.39 bits per heavy atom. The van der Waals surface area contributed by atoms with Crippen molar-refractivity contribution in [1.82, 2.24) is 9.55 Å². The van der Waals surface area contributed by atoms with Gasteiger partial charge in [-0.3, -0.25) is 0 Å². The Hall–Kier alpha value is -1.08. The maximum atomic E-state index is 6.02. The number of imidazole rings is 1. The van der Waals surface area contributed by atoms with Crippen LogP contribution in [0.2, 0.25) is 0 Å². The van der Waals surface area contributed by atoms with Crippen molar-refractivity contribution < 1.29 is 0 Å². The number of nitrogens with zero attached hydrogens (tertiary/aromatic N) is 2. The van der Waals surface area contributed by atoms with Gasteiger partial charge in [-0.05, 0) is 69.6 Å². The van der Waals surface area contributed by atoms with Crippen LogP contribution in [0.5, 0.6) is 0 Å².